The normalized spacial score (nSPS) is 27.9. The van der Waals surface area contributed by atoms with Crippen LogP contribution in [0, 0.1) is 45.4 Å². The summed E-state index contributed by atoms with van der Waals surface area (Å²) in [7, 11) is 0. The Labute approximate surface area is 570 Å². The number of para-hydroxylation sites is 6. The maximum atomic E-state index is 8.68. The Morgan fingerprint density at radius 2 is 0.717 bits per heavy atom. The molecule has 0 aromatic heterocycles. The first kappa shape index (κ1) is 64.9. The fraction of sp³-hybridized carbons (Fsp3) is 0.576. The molecule has 1 unspecified atom stereocenters. The molecule has 2 N–H and O–H groups in total. The second-order valence-electron chi connectivity index (χ2n) is 33.3. The van der Waals surface area contributed by atoms with Gasteiger partial charge in [-0.25, -0.2) is 0 Å². The Morgan fingerprint density at radius 1 is 0.370 bits per heavy atom. The van der Waals surface area contributed by atoms with Crippen molar-refractivity contribution in [2.75, 3.05) is 24.5 Å². The molecule has 5 aliphatic heterocycles. The van der Waals surface area contributed by atoms with Gasteiger partial charge in [0.25, 0.3) is 0 Å². The van der Waals surface area contributed by atoms with E-state index in [-0.39, 0.29) is 33.7 Å². The number of anilines is 6. The Balaban J connectivity index is 0.000000155. The lowest BCUT2D eigenvalue weighted by atomic mass is 9.68. The van der Waals surface area contributed by atoms with E-state index in [4.69, 9.17) is 6.85 Å². The van der Waals surface area contributed by atoms with Crippen molar-refractivity contribution in [3.05, 3.63) is 179 Å². The van der Waals surface area contributed by atoms with E-state index in [0.717, 1.165) is 17.7 Å². The maximum absolute atomic E-state index is 8.68. The van der Waals surface area contributed by atoms with Crippen LogP contribution in [0.2, 0.25) is 0 Å². The minimum atomic E-state index is -2.46. The Bertz CT molecular complexity index is 3650. The molecule has 6 aromatic rings. The predicted octanol–water partition coefficient (Wildman–Crippen LogP) is 21.9. The highest BCUT2D eigenvalue weighted by atomic mass is 15.4. The van der Waals surface area contributed by atoms with Crippen LogP contribution in [-0.4, -0.2) is 63.7 Å². The molecule has 0 amide bonds. The van der Waals surface area contributed by atoms with Crippen molar-refractivity contribution in [1.29, 1.82) is 0 Å². The van der Waals surface area contributed by atoms with Gasteiger partial charge in [-0.05, 0) is 271 Å². The lowest BCUT2D eigenvalue weighted by Gasteiger charge is -2.55. The second kappa shape index (κ2) is 27.2. The summed E-state index contributed by atoms with van der Waals surface area (Å²) in [5.41, 5.74) is 15.1. The third-order valence-electron chi connectivity index (χ3n) is 22.3. The number of hydrogen-bond donors (Lipinski definition) is 2. The molecule has 6 aromatic carbocycles. The number of nitrogens with zero attached hydrogens (tertiary/aromatic N) is 5. The Morgan fingerprint density at radius 3 is 1.12 bits per heavy atom. The Hall–Kier alpha value is -5.76. The highest BCUT2D eigenvalue weighted by Crippen LogP contribution is 2.56. The van der Waals surface area contributed by atoms with Crippen LogP contribution in [0.15, 0.2) is 146 Å². The molecule has 1 saturated carbocycles. The van der Waals surface area contributed by atoms with E-state index in [1.807, 2.05) is 43.0 Å². The first-order valence-corrected chi connectivity index (χ1v) is 35.1. The summed E-state index contributed by atoms with van der Waals surface area (Å²) in [6.07, 6.45) is 8.96. The number of rotatable bonds is 5. The standard InChI is InChI=1S/C19H29N.C18H21N.2C16H26N2.C16H25N/c1-15-10-6-7-11-17(15)20-16(2)19(14-18(20,3)4)12-8-5-9-13-19;1-13-9-5-7-11-16(13)19-14(2)18(3,4)15-10-6-8-12-17(15)19;2*1-12-9-7-8-10-14(12)18-13(2)17-15(3,4)11-16(18,5)6;1-12-9-7-8-10-14(12)17-13(2)15(3,4)11-16(17,5)6/h6-7,10-11,16H,5,8-9,12-14H2,1-4H3;5-12,14H,1-4H3;2*7-10,13,17H,11H2,1-6H3;7-10,13H,11H2,1-6H3/t16-;14-;3*13-/m00000/s1/i;;3D3,11D2;;/t;;13-,15?;m;. The van der Waals surface area contributed by atoms with Crippen molar-refractivity contribution in [3.63, 3.8) is 0 Å². The summed E-state index contributed by atoms with van der Waals surface area (Å²) in [6.45, 7) is 53.1. The fourth-order valence-corrected chi connectivity index (χ4v) is 18.6. The molecule has 6 aliphatic rings. The first-order chi connectivity index (χ1) is 44.8. The highest BCUT2D eigenvalue weighted by Gasteiger charge is 2.54. The van der Waals surface area contributed by atoms with E-state index in [0.29, 0.717) is 35.1 Å². The van der Waals surface area contributed by atoms with E-state index in [1.54, 1.807) is 13.8 Å². The number of fused-ring (bicyclic) bond motifs is 1. The topological polar surface area (TPSA) is 40.3 Å². The predicted molar refractivity (Wildman–Crippen MR) is 403 cm³/mol. The van der Waals surface area contributed by atoms with E-state index in [9.17, 15) is 0 Å². The minimum absolute atomic E-state index is 0.167. The average molecular weight is 1250 g/mol. The zero-order valence-corrected chi connectivity index (χ0v) is 62.1. The summed E-state index contributed by atoms with van der Waals surface area (Å²) in [4.78, 5) is 12.3. The third kappa shape index (κ3) is 15.2. The smallest absolute Gasteiger partial charge is 0.0776 e. The number of aryl methyl sites for hydroxylation is 5. The molecular formula is C85H127N7. The van der Waals surface area contributed by atoms with Gasteiger partial charge in [-0.1, -0.05) is 156 Å². The van der Waals surface area contributed by atoms with E-state index < -0.39 is 24.3 Å². The van der Waals surface area contributed by atoms with Crippen LogP contribution < -0.4 is 35.1 Å². The monoisotopic (exact) mass is 1250 g/mol. The van der Waals surface area contributed by atoms with Gasteiger partial charge in [0.2, 0.25) is 0 Å². The average Bonchev–Trinajstić information content (AvgIpc) is 1.66. The molecule has 1 aliphatic carbocycles. The molecule has 5 heterocycles. The molecule has 12 rings (SSSR count). The zero-order valence-electron chi connectivity index (χ0n) is 67.1. The van der Waals surface area contributed by atoms with Gasteiger partial charge in [0.05, 0.1) is 12.3 Å². The van der Waals surface area contributed by atoms with Gasteiger partial charge >= 0.3 is 0 Å². The summed E-state index contributed by atoms with van der Waals surface area (Å²) in [5, 5.41) is 6.76. The van der Waals surface area contributed by atoms with Crippen LogP contribution in [0.25, 0.3) is 0 Å². The largest absolute Gasteiger partial charge is 0.363 e. The van der Waals surface area contributed by atoms with Crippen molar-refractivity contribution in [2.24, 2.45) is 10.8 Å². The molecule has 92 heavy (non-hydrogen) atoms. The number of nitrogens with one attached hydrogen (secondary N) is 2. The lowest BCUT2D eigenvalue weighted by Crippen LogP contribution is -2.67. The van der Waals surface area contributed by atoms with Crippen molar-refractivity contribution in [1.82, 2.24) is 10.6 Å². The summed E-state index contributed by atoms with van der Waals surface area (Å²) < 4.78 is 41.0. The van der Waals surface area contributed by atoms with Gasteiger partial charge in [-0.2, -0.15) is 0 Å². The van der Waals surface area contributed by atoms with Crippen molar-refractivity contribution in [2.45, 2.75) is 307 Å². The molecule has 4 saturated heterocycles. The maximum Gasteiger partial charge on any atom is 0.0776 e. The minimum Gasteiger partial charge on any atom is -0.363 e. The van der Waals surface area contributed by atoms with Crippen LogP contribution in [-0.2, 0) is 5.41 Å². The molecule has 0 bridgehead atoms. The van der Waals surface area contributed by atoms with Gasteiger partial charge in [0.1, 0.15) is 0 Å². The molecule has 7 heteroatoms. The van der Waals surface area contributed by atoms with Crippen LogP contribution in [0.1, 0.15) is 243 Å². The molecule has 5 fully saturated rings. The molecule has 1 spiro atoms. The summed E-state index contributed by atoms with van der Waals surface area (Å²) >= 11 is 0. The molecule has 502 valence electrons. The zero-order chi connectivity index (χ0) is 72.2. The molecular weight excluding hydrogens is 1120 g/mol. The first-order valence-electron chi connectivity index (χ1n) is 37.6. The fourth-order valence-electron chi connectivity index (χ4n) is 18.6. The van der Waals surface area contributed by atoms with Gasteiger partial charge in [0, 0.05) is 97.8 Å². The lowest BCUT2D eigenvalue weighted by molar-refractivity contribution is 0.170. The van der Waals surface area contributed by atoms with Crippen molar-refractivity contribution in [3.8, 4) is 0 Å². The number of hydrogen-bond acceptors (Lipinski definition) is 7. The number of benzene rings is 6. The Kier molecular flexibility index (Phi) is 19.2. The second-order valence-corrected chi connectivity index (χ2v) is 33.3. The molecule has 7 nitrogen and oxygen atoms in total. The van der Waals surface area contributed by atoms with Crippen molar-refractivity contribution < 1.29 is 6.85 Å². The van der Waals surface area contributed by atoms with E-state index in [2.05, 4.69) is 290 Å². The SMILES string of the molecule is Cc1ccccc1N1[C@@H](C)C(C)(C)CC1(C)C.Cc1ccccc1N1[C@@H](C)C2(CCCCC2)CC1(C)C.Cc1ccccc1N1[C@@H](C)NC(C)(C)CC1(C)C.Cc1ccccc1N1c2ccccc2C(C)(C)[C@@H]1C.[2H]C([2H])([2H])C1(C)N[C@H](C)N(c2ccccc2C)C(C)(C)C1([2H])[2H]. The van der Waals surface area contributed by atoms with Gasteiger partial charge in [0.15, 0.2) is 0 Å². The third-order valence-corrected chi connectivity index (χ3v) is 22.3. The van der Waals surface area contributed by atoms with Crippen LogP contribution in [0.5, 0.6) is 0 Å². The van der Waals surface area contributed by atoms with Crippen LogP contribution >= 0.6 is 0 Å². The van der Waals surface area contributed by atoms with Gasteiger partial charge < -0.3 is 24.5 Å². The molecule has 6 atom stereocenters. The van der Waals surface area contributed by atoms with Crippen LogP contribution in [0.3, 0.4) is 0 Å². The van der Waals surface area contributed by atoms with Gasteiger partial charge in [-0.3, -0.25) is 10.6 Å². The van der Waals surface area contributed by atoms with Crippen molar-refractivity contribution >= 4 is 34.1 Å². The quantitative estimate of drug-likeness (QED) is 0.178. The molecule has 0 radical (unpaired) electrons. The van der Waals surface area contributed by atoms with Crippen LogP contribution in [0.4, 0.5) is 34.1 Å². The van der Waals surface area contributed by atoms with E-state index >= 15 is 0 Å². The van der Waals surface area contributed by atoms with Gasteiger partial charge in [-0.15, -0.1) is 0 Å². The highest BCUT2D eigenvalue weighted by molar-refractivity contribution is 5.75. The summed E-state index contributed by atoms with van der Waals surface area (Å²) in [6, 6.07) is 53.3. The van der Waals surface area contributed by atoms with E-state index in [1.165, 1.54) is 108 Å². The summed E-state index contributed by atoms with van der Waals surface area (Å²) in [5.74, 6) is 0.